The molecule has 4 bridgehead atoms. The van der Waals surface area contributed by atoms with Gasteiger partial charge < -0.3 is 4.52 Å². The maximum Gasteiger partial charge on any atom is 0.234 e. The van der Waals surface area contributed by atoms with Gasteiger partial charge in [-0.15, -0.1) is 0 Å². The Hall–Kier alpha value is -2.01. The molecule has 27 heavy (non-hydrogen) atoms. The predicted molar refractivity (Wildman–Crippen MR) is 101 cm³/mol. The lowest BCUT2D eigenvalue weighted by atomic mass is 9.32. The number of rotatable bonds is 2. The van der Waals surface area contributed by atoms with E-state index >= 15 is 0 Å². The molecule has 0 radical (unpaired) electrons. The van der Waals surface area contributed by atoms with Crippen LogP contribution in [0.2, 0.25) is 0 Å². The molecule has 8 unspecified atom stereocenters. The molecule has 9 rings (SSSR count). The first-order chi connectivity index (χ1) is 13.2. The summed E-state index contributed by atoms with van der Waals surface area (Å²) in [5.74, 6) is 5.56. The van der Waals surface area contributed by atoms with Gasteiger partial charge >= 0.3 is 0 Å². The number of benzene rings is 2. The Morgan fingerprint density at radius 2 is 2.04 bits per heavy atom. The minimum atomic E-state index is -0.0938. The van der Waals surface area contributed by atoms with E-state index in [1.807, 2.05) is 12.1 Å². The molecule has 8 atom stereocenters. The highest BCUT2D eigenvalue weighted by molar-refractivity contribution is 9.10. The molecule has 6 aliphatic carbocycles. The molecule has 2 aromatic carbocycles. The molecule has 6 fully saturated rings. The standard InChI is InChI=1S/C22H15BrN2O2/c23-13-6-9(5-8-3-1-2-4-10(8)13)20-24-21(27-25-20)22-16-12-7-11-14(16)18(22)19(26)15(11)17(12)22/h1-6,11-12,14-18H,7H2. The molecule has 0 amide bonds. The summed E-state index contributed by atoms with van der Waals surface area (Å²) < 4.78 is 6.87. The molecule has 0 N–H and O–H groups in total. The van der Waals surface area contributed by atoms with Crippen molar-refractivity contribution in [2.45, 2.75) is 11.8 Å². The van der Waals surface area contributed by atoms with Crippen molar-refractivity contribution < 1.29 is 9.32 Å². The second-order valence-electron chi connectivity index (χ2n) is 9.13. The van der Waals surface area contributed by atoms with Crippen LogP contribution in [-0.4, -0.2) is 15.9 Å². The van der Waals surface area contributed by atoms with Gasteiger partial charge in [0.1, 0.15) is 5.78 Å². The molecule has 0 aliphatic heterocycles. The fourth-order valence-corrected chi connectivity index (χ4v) is 8.91. The third kappa shape index (κ3) is 1.21. The number of halogens is 1. The largest absolute Gasteiger partial charge is 0.338 e. The number of aromatic nitrogens is 2. The van der Waals surface area contributed by atoms with Crippen LogP contribution in [0.25, 0.3) is 22.2 Å². The molecule has 5 heteroatoms. The van der Waals surface area contributed by atoms with Crippen molar-refractivity contribution in [2.24, 2.45) is 41.4 Å². The first-order valence-corrected chi connectivity index (χ1v) is 10.6. The van der Waals surface area contributed by atoms with Crippen LogP contribution in [-0.2, 0) is 10.2 Å². The smallest absolute Gasteiger partial charge is 0.234 e. The Labute approximate surface area is 163 Å². The van der Waals surface area contributed by atoms with Gasteiger partial charge in [0.25, 0.3) is 0 Å². The van der Waals surface area contributed by atoms with Crippen molar-refractivity contribution in [2.75, 3.05) is 0 Å². The second kappa shape index (κ2) is 4.04. The number of carbonyl (C=O) groups is 1. The first-order valence-electron chi connectivity index (χ1n) is 9.78. The number of ketones is 1. The number of hydrogen-bond donors (Lipinski definition) is 0. The van der Waals surface area contributed by atoms with Gasteiger partial charge in [0, 0.05) is 21.9 Å². The van der Waals surface area contributed by atoms with Crippen LogP contribution >= 0.6 is 15.9 Å². The fraction of sp³-hybridized carbons (Fsp3) is 0.409. The molecular formula is C22H15BrN2O2. The molecule has 6 saturated carbocycles. The topological polar surface area (TPSA) is 56.0 Å². The number of fused-ring (bicyclic) bond motifs is 1. The summed E-state index contributed by atoms with van der Waals surface area (Å²) in [6.45, 7) is 0. The van der Waals surface area contributed by atoms with Crippen LogP contribution in [0.4, 0.5) is 0 Å². The maximum atomic E-state index is 12.8. The number of nitrogens with zero attached hydrogens (tertiary/aromatic N) is 2. The minimum Gasteiger partial charge on any atom is -0.338 e. The molecule has 1 aromatic heterocycles. The van der Waals surface area contributed by atoms with E-state index in [1.165, 1.54) is 11.8 Å². The van der Waals surface area contributed by atoms with E-state index in [2.05, 4.69) is 45.4 Å². The van der Waals surface area contributed by atoms with Gasteiger partial charge in [-0.25, -0.2) is 0 Å². The van der Waals surface area contributed by atoms with E-state index in [1.54, 1.807) is 0 Å². The van der Waals surface area contributed by atoms with Gasteiger partial charge in [-0.05, 0) is 58.9 Å². The van der Waals surface area contributed by atoms with Crippen LogP contribution in [0.3, 0.4) is 0 Å². The summed E-state index contributed by atoms with van der Waals surface area (Å²) in [7, 11) is 0. The summed E-state index contributed by atoms with van der Waals surface area (Å²) >= 11 is 3.67. The number of hydrogen-bond acceptors (Lipinski definition) is 4. The van der Waals surface area contributed by atoms with Crippen molar-refractivity contribution in [3.63, 3.8) is 0 Å². The zero-order valence-electron chi connectivity index (χ0n) is 14.3. The zero-order valence-corrected chi connectivity index (χ0v) is 15.9. The van der Waals surface area contributed by atoms with E-state index in [-0.39, 0.29) is 11.3 Å². The monoisotopic (exact) mass is 418 g/mol. The Morgan fingerprint density at radius 1 is 1.15 bits per heavy atom. The lowest BCUT2D eigenvalue weighted by Crippen LogP contribution is -2.73. The lowest BCUT2D eigenvalue weighted by molar-refractivity contribution is -0.214. The molecule has 0 saturated heterocycles. The van der Waals surface area contributed by atoms with E-state index in [4.69, 9.17) is 9.51 Å². The van der Waals surface area contributed by atoms with E-state index in [0.717, 1.165) is 27.2 Å². The Bertz CT molecular complexity index is 1220. The van der Waals surface area contributed by atoms with Crippen LogP contribution in [0, 0.1) is 41.4 Å². The van der Waals surface area contributed by atoms with Crippen LogP contribution in [0.15, 0.2) is 45.4 Å². The van der Waals surface area contributed by atoms with Crippen LogP contribution in [0.1, 0.15) is 12.3 Å². The van der Waals surface area contributed by atoms with Crippen molar-refractivity contribution in [1.29, 1.82) is 0 Å². The Balaban J connectivity index is 1.27. The van der Waals surface area contributed by atoms with Crippen LogP contribution < -0.4 is 0 Å². The van der Waals surface area contributed by atoms with Crippen molar-refractivity contribution >= 4 is 32.5 Å². The quantitative estimate of drug-likeness (QED) is 0.624. The predicted octanol–water partition coefficient (Wildman–Crippen LogP) is 4.23. The minimum absolute atomic E-state index is 0.0938. The summed E-state index contributed by atoms with van der Waals surface area (Å²) in [6, 6.07) is 12.4. The average molecular weight is 419 g/mol. The van der Waals surface area contributed by atoms with Gasteiger partial charge in [-0.1, -0.05) is 45.4 Å². The Morgan fingerprint density at radius 3 is 2.93 bits per heavy atom. The molecule has 1 heterocycles. The summed E-state index contributed by atoms with van der Waals surface area (Å²) in [5, 5.41) is 6.65. The van der Waals surface area contributed by atoms with Gasteiger partial charge in [0.05, 0.1) is 5.41 Å². The van der Waals surface area contributed by atoms with E-state index in [9.17, 15) is 4.79 Å². The first kappa shape index (κ1) is 14.1. The van der Waals surface area contributed by atoms with Gasteiger partial charge in [0.15, 0.2) is 0 Å². The number of carbonyl (C=O) groups excluding carboxylic acids is 1. The van der Waals surface area contributed by atoms with Crippen molar-refractivity contribution in [3.8, 4) is 11.4 Å². The molecule has 3 aromatic rings. The third-order valence-corrected chi connectivity index (χ3v) is 9.38. The van der Waals surface area contributed by atoms with E-state index in [0.29, 0.717) is 41.2 Å². The van der Waals surface area contributed by atoms with Crippen molar-refractivity contribution in [1.82, 2.24) is 10.1 Å². The molecular weight excluding hydrogens is 404 g/mol. The normalized spacial score (nSPS) is 44.2. The van der Waals surface area contributed by atoms with Crippen LogP contribution in [0.5, 0.6) is 0 Å². The number of Topliss-reactive ketones (excluding diaryl/α,β-unsaturated/α-hetero) is 1. The lowest BCUT2D eigenvalue weighted by Gasteiger charge is -2.69. The third-order valence-electron chi connectivity index (χ3n) is 8.73. The average Bonchev–Trinajstić information content (AvgIpc) is 3.37. The molecule has 0 spiro atoms. The zero-order chi connectivity index (χ0) is 17.7. The van der Waals surface area contributed by atoms with Gasteiger partial charge in [0.2, 0.25) is 11.7 Å². The van der Waals surface area contributed by atoms with Gasteiger partial charge in [-0.3, -0.25) is 4.79 Å². The highest BCUT2D eigenvalue weighted by Gasteiger charge is 2.95. The SMILES string of the molecule is O=C1C2C3CC4C2C2(c5nc(-c6cc(Br)c7ccccc7c6)no5)C1C3C42. The summed E-state index contributed by atoms with van der Waals surface area (Å²) in [4.78, 5) is 17.7. The fourth-order valence-electron chi connectivity index (χ4n) is 8.30. The molecule has 132 valence electrons. The Kier molecular flexibility index (Phi) is 2.11. The maximum absolute atomic E-state index is 12.8. The summed E-state index contributed by atoms with van der Waals surface area (Å²) in [6.07, 6.45) is 1.27. The summed E-state index contributed by atoms with van der Waals surface area (Å²) in [5.41, 5.74) is 0.860. The second-order valence-corrected chi connectivity index (χ2v) is 9.99. The molecule has 4 nitrogen and oxygen atoms in total. The highest BCUT2D eigenvalue weighted by Crippen LogP contribution is 2.92. The van der Waals surface area contributed by atoms with E-state index < -0.39 is 0 Å². The highest BCUT2D eigenvalue weighted by atomic mass is 79.9. The van der Waals surface area contributed by atoms with Gasteiger partial charge in [-0.2, -0.15) is 4.98 Å². The molecule has 6 aliphatic rings. The van der Waals surface area contributed by atoms with Crippen molar-refractivity contribution in [3.05, 3.63) is 46.8 Å².